The Hall–Kier alpha value is -3.45. The third-order valence-corrected chi connectivity index (χ3v) is 4.49. The van der Waals surface area contributed by atoms with Crippen molar-refractivity contribution in [2.24, 2.45) is 0 Å². The summed E-state index contributed by atoms with van der Waals surface area (Å²) in [5.74, 6) is -2.23. The van der Waals surface area contributed by atoms with E-state index in [2.05, 4.69) is 15.6 Å². The summed E-state index contributed by atoms with van der Waals surface area (Å²) in [4.78, 5) is 39.8. The first-order valence-electron chi connectivity index (χ1n) is 7.99. The number of carbonyl (C=O) groups is 3. The van der Waals surface area contributed by atoms with Gasteiger partial charge in [0.25, 0.3) is 11.7 Å². The molecule has 2 heterocycles. The molecule has 0 saturated carbocycles. The number of amides is 1. The molecule has 3 aromatic rings. The van der Waals surface area contributed by atoms with Gasteiger partial charge in [-0.15, -0.1) is 0 Å². The number of aromatic carboxylic acids is 1. The lowest BCUT2D eigenvalue weighted by Crippen LogP contribution is -2.12. The summed E-state index contributed by atoms with van der Waals surface area (Å²) < 4.78 is 0. The van der Waals surface area contributed by atoms with Crippen molar-refractivity contribution in [3.63, 3.8) is 0 Å². The highest BCUT2D eigenvalue weighted by Gasteiger charge is 2.33. The Morgan fingerprint density at radius 1 is 1.19 bits per heavy atom. The smallest absolute Gasteiger partial charge is 0.335 e. The van der Waals surface area contributed by atoms with Gasteiger partial charge < -0.3 is 15.7 Å². The van der Waals surface area contributed by atoms with Crippen LogP contribution in [0.4, 0.5) is 11.5 Å². The average molecular weight is 382 g/mol. The van der Waals surface area contributed by atoms with Crippen LogP contribution in [0.2, 0.25) is 5.02 Å². The van der Waals surface area contributed by atoms with Crippen LogP contribution in [-0.2, 0) is 11.3 Å². The fourth-order valence-electron chi connectivity index (χ4n) is 3.00. The fourth-order valence-corrected chi connectivity index (χ4v) is 3.21. The van der Waals surface area contributed by atoms with Gasteiger partial charge in [0.1, 0.15) is 0 Å². The van der Waals surface area contributed by atoms with Crippen LogP contribution >= 0.6 is 11.6 Å². The van der Waals surface area contributed by atoms with E-state index in [-0.39, 0.29) is 11.1 Å². The van der Waals surface area contributed by atoms with Gasteiger partial charge in [-0.05, 0) is 29.8 Å². The third kappa shape index (κ3) is 2.98. The Bertz CT molecular complexity index is 1140. The maximum atomic E-state index is 12.3. The van der Waals surface area contributed by atoms with E-state index in [1.54, 1.807) is 12.1 Å². The minimum atomic E-state index is -1.10. The van der Waals surface area contributed by atoms with Crippen LogP contribution in [0, 0.1) is 0 Å². The zero-order valence-corrected chi connectivity index (χ0v) is 14.5. The molecule has 7 nitrogen and oxygen atoms in total. The molecule has 3 N–H and O–H groups in total. The Morgan fingerprint density at radius 3 is 2.74 bits per heavy atom. The summed E-state index contributed by atoms with van der Waals surface area (Å²) in [5, 5.41) is 15.8. The lowest BCUT2D eigenvalue weighted by molar-refractivity contribution is -0.112. The molecule has 0 aliphatic carbocycles. The van der Waals surface area contributed by atoms with E-state index in [1.165, 1.54) is 18.2 Å². The average Bonchev–Trinajstić information content (AvgIpc) is 2.94. The monoisotopic (exact) mass is 381 g/mol. The van der Waals surface area contributed by atoms with E-state index in [4.69, 9.17) is 11.6 Å². The normalized spacial score (nSPS) is 12.8. The third-order valence-electron chi connectivity index (χ3n) is 4.25. The Labute approximate surface area is 158 Å². The SMILES string of the molecule is O=C1Nc2c(NCc3cccc(Cl)c3)nc3cc(C(=O)O)ccc3c2C1=O. The minimum Gasteiger partial charge on any atom is -0.478 e. The second-order valence-electron chi connectivity index (χ2n) is 6.01. The van der Waals surface area contributed by atoms with Crippen molar-refractivity contribution in [1.29, 1.82) is 0 Å². The lowest BCUT2D eigenvalue weighted by Gasteiger charge is -2.12. The summed E-state index contributed by atoms with van der Waals surface area (Å²) in [6.45, 7) is 0.355. The number of nitrogens with zero attached hydrogens (tertiary/aromatic N) is 1. The number of carboxylic acids is 1. The van der Waals surface area contributed by atoms with Crippen molar-refractivity contribution in [3.8, 4) is 0 Å². The predicted molar refractivity (Wildman–Crippen MR) is 100 cm³/mol. The van der Waals surface area contributed by atoms with Crippen molar-refractivity contribution in [2.45, 2.75) is 6.54 Å². The number of pyridine rings is 1. The van der Waals surface area contributed by atoms with E-state index in [1.807, 2.05) is 12.1 Å². The lowest BCUT2D eigenvalue weighted by atomic mass is 10.0. The number of Topliss-reactive ketones (excluding diaryl/α,β-unsaturated/α-hetero) is 1. The number of carbonyl (C=O) groups excluding carboxylic acids is 2. The van der Waals surface area contributed by atoms with Crippen molar-refractivity contribution in [2.75, 3.05) is 10.6 Å². The molecule has 0 unspecified atom stereocenters. The van der Waals surface area contributed by atoms with E-state index in [0.29, 0.717) is 34.0 Å². The van der Waals surface area contributed by atoms with Crippen LogP contribution in [0.3, 0.4) is 0 Å². The molecule has 0 atom stereocenters. The van der Waals surface area contributed by atoms with Gasteiger partial charge in [0.15, 0.2) is 5.82 Å². The van der Waals surface area contributed by atoms with E-state index >= 15 is 0 Å². The van der Waals surface area contributed by atoms with Crippen LogP contribution in [0.25, 0.3) is 10.9 Å². The van der Waals surface area contributed by atoms with Crippen LogP contribution in [0.1, 0.15) is 26.3 Å². The molecule has 1 amide bonds. The number of anilines is 2. The number of fused-ring (bicyclic) bond motifs is 3. The number of aromatic nitrogens is 1. The molecule has 0 spiro atoms. The van der Waals surface area contributed by atoms with Gasteiger partial charge in [-0.25, -0.2) is 9.78 Å². The molecule has 27 heavy (non-hydrogen) atoms. The van der Waals surface area contributed by atoms with Crippen molar-refractivity contribution in [3.05, 3.63) is 64.2 Å². The zero-order valence-electron chi connectivity index (χ0n) is 13.7. The molecule has 1 aliphatic heterocycles. The predicted octanol–water partition coefficient (Wildman–Crippen LogP) is 3.33. The Morgan fingerprint density at radius 2 is 2.00 bits per heavy atom. The fraction of sp³-hybridized carbons (Fsp3) is 0.0526. The molecular weight excluding hydrogens is 370 g/mol. The first-order valence-corrected chi connectivity index (χ1v) is 8.37. The maximum absolute atomic E-state index is 12.3. The van der Waals surface area contributed by atoms with Gasteiger partial charge in [0.2, 0.25) is 0 Å². The van der Waals surface area contributed by atoms with Crippen LogP contribution in [0.5, 0.6) is 0 Å². The van der Waals surface area contributed by atoms with Crippen LogP contribution in [-0.4, -0.2) is 27.8 Å². The van der Waals surface area contributed by atoms with Gasteiger partial charge in [-0.2, -0.15) is 0 Å². The zero-order chi connectivity index (χ0) is 19.1. The van der Waals surface area contributed by atoms with Gasteiger partial charge in [0.05, 0.1) is 22.3 Å². The van der Waals surface area contributed by atoms with Gasteiger partial charge in [-0.1, -0.05) is 29.8 Å². The summed E-state index contributed by atoms with van der Waals surface area (Å²) in [6.07, 6.45) is 0. The molecule has 0 radical (unpaired) electrons. The number of benzene rings is 2. The maximum Gasteiger partial charge on any atom is 0.335 e. The highest BCUT2D eigenvalue weighted by molar-refractivity contribution is 6.54. The molecule has 1 aromatic heterocycles. The molecule has 1 aliphatic rings. The number of rotatable bonds is 4. The molecule has 134 valence electrons. The Kier molecular flexibility index (Phi) is 4.01. The highest BCUT2D eigenvalue weighted by atomic mass is 35.5. The second-order valence-corrected chi connectivity index (χ2v) is 6.45. The molecule has 0 fully saturated rings. The van der Waals surface area contributed by atoms with Crippen molar-refractivity contribution < 1.29 is 19.5 Å². The minimum absolute atomic E-state index is 0.0421. The number of halogens is 1. The molecule has 8 heteroatoms. The largest absolute Gasteiger partial charge is 0.478 e. The summed E-state index contributed by atoms with van der Waals surface area (Å²) >= 11 is 5.98. The summed E-state index contributed by atoms with van der Waals surface area (Å²) in [6, 6.07) is 11.4. The topological polar surface area (TPSA) is 108 Å². The van der Waals surface area contributed by atoms with Crippen molar-refractivity contribution >= 4 is 51.7 Å². The molecule has 0 saturated heterocycles. The van der Waals surface area contributed by atoms with Gasteiger partial charge >= 0.3 is 5.97 Å². The van der Waals surface area contributed by atoms with Gasteiger partial charge in [-0.3, -0.25) is 9.59 Å². The van der Waals surface area contributed by atoms with E-state index in [9.17, 15) is 19.5 Å². The molecule has 2 aromatic carbocycles. The van der Waals surface area contributed by atoms with Crippen LogP contribution in [0.15, 0.2) is 42.5 Å². The van der Waals surface area contributed by atoms with E-state index in [0.717, 1.165) is 5.56 Å². The van der Waals surface area contributed by atoms with Gasteiger partial charge in [0, 0.05) is 17.0 Å². The quantitative estimate of drug-likeness (QED) is 0.598. The summed E-state index contributed by atoms with van der Waals surface area (Å²) in [7, 11) is 0. The number of hydrogen-bond acceptors (Lipinski definition) is 5. The number of ketones is 1. The number of carboxylic acid groups (broad SMARTS) is 1. The first kappa shape index (κ1) is 17.0. The summed E-state index contributed by atoms with van der Waals surface area (Å²) in [5.41, 5.74) is 1.72. The molecular formula is C19H12ClN3O4. The number of nitrogens with one attached hydrogen (secondary N) is 2. The van der Waals surface area contributed by atoms with Crippen LogP contribution < -0.4 is 10.6 Å². The highest BCUT2D eigenvalue weighted by Crippen LogP contribution is 2.36. The number of hydrogen-bond donors (Lipinski definition) is 3. The van der Waals surface area contributed by atoms with Crippen molar-refractivity contribution in [1.82, 2.24) is 4.98 Å². The molecule has 0 bridgehead atoms. The second kappa shape index (κ2) is 6.37. The first-order chi connectivity index (χ1) is 12.9. The van der Waals surface area contributed by atoms with E-state index < -0.39 is 17.7 Å². The molecule has 4 rings (SSSR count). The Balaban J connectivity index is 1.82. The standard InChI is InChI=1S/C19H12ClN3O4/c20-11-3-1-2-9(6-11)8-21-17-15-14(16(24)18(25)23-15)12-5-4-10(19(26)27)7-13(12)22-17/h1-7H,8H2,(H,21,22)(H,26,27)(H,23,24,25).